The van der Waals surface area contributed by atoms with E-state index in [1.54, 1.807) is 12.1 Å². The van der Waals surface area contributed by atoms with Crippen LogP contribution in [0, 0.1) is 5.82 Å². The summed E-state index contributed by atoms with van der Waals surface area (Å²) < 4.78 is 23.9. The summed E-state index contributed by atoms with van der Waals surface area (Å²) in [6.45, 7) is 4.02. The van der Waals surface area contributed by atoms with E-state index in [2.05, 4.69) is 6.92 Å². The van der Waals surface area contributed by atoms with E-state index in [0.29, 0.717) is 13.2 Å². The number of ether oxygens (including phenoxy) is 2. The van der Waals surface area contributed by atoms with Crippen LogP contribution in [0.15, 0.2) is 24.3 Å². The van der Waals surface area contributed by atoms with Gasteiger partial charge in [-0.2, -0.15) is 0 Å². The molecule has 1 heterocycles. The molecule has 0 N–H and O–H groups in total. The Morgan fingerprint density at radius 1 is 1.38 bits per heavy atom. The molecular weight excluding hydrogens is 207 g/mol. The average Bonchev–Trinajstić information content (AvgIpc) is 2.69. The first-order valence-electron chi connectivity index (χ1n) is 5.64. The van der Waals surface area contributed by atoms with Crippen LogP contribution < -0.4 is 0 Å². The van der Waals surface area contributed by atoms with E-state index in [1.165, 1.54) is 12.1 Å². The van der Waals surface area contributed by atoms with Crippen molar-refractivity contribution in [1.29, 1.82) is 0 Å². The summed E-state index contributed by atoms with van der Waals surface area (Å²) in [4.78, 5) is 0. The quantitative estimate of drug-likeness (QED) is 0.783. The first-order valence-corrected chi connectivity index (χ1v) is 5.64. The van der Waals surface area contributed by atoms with Gasteiger partial charge in [0.1, 0.15) is 5.82 Å². The zero-order chi connectivity index (χ0) is 11.4. The molecule has 0 aliphatic carbocycles. The highest BCUT2D eigenvalue weighted by molar-refractivity contribution is 5.14. The van der Waals surface area contributed by atoms with Crippen LogP contribution in [0.4, 0.5) is 4.39 Å². The second-order valence-electron chi connectivity index (χ2n) is 4.52. The van der Waals surface area contributed by atoms with Crippen molar-refractivity contribution in [2.75, 3.05) is 13.2 Å². The Kier molecular flexibility index (Phi) is 3.56. The molecular formula is C13H17FO2. The molecule has 1 aliphatic heterocycles. The van der Waals surface area contributed by atoms with Crippen molar-refractivity contribution < 1.29 is 13.9 Å². The molecule has 0 spiro atoms. The van der Waals surface area contributed by atoms with Gasteiger partial charge in [0.2, 0.25) is 0 Å². The number of halogens is 1. The number of hydrogen-bond donors (Lipinski definition) is 0. The third-order valence-electron chi connectivity index (χ3n) is 2.89. The minimum absolute atomic E-state index is 0.125. The number of rotatable bonds is 4. The molecule has 1 atom stereocenters. The van der Waals surface area contributed by atoms with Crippen LogP contribution in [0.5, 0.6) is 0 Å². The Labute approximate surface area is 95.4 Å². The van der Waals surface area contributed by atoms with Crippen LogP contribution in [0.2, 0.25) is 0 Å². The molecule has 0 amide bonds. The van der Waals surface area contributed by atoms with E-state index < -0.39 is 0 Å². The van der Waals surface area contributed by atoms with Gasteiger partial charge in [-0.3, -0.25) is 0 Å². The summed E-state index contributed by atoms with van der Waals surface area (Å²) >= 11 is 0. The predicted molar refractivity (Wildman–Crippen MR) is 59.6 cm³/mol. The van der Waals surface area contributed by atoms with Crippen molar-refractivity contribution in [2.45, 2.75) is 32.0 Å². The van der Waals surface area contributed by atoms with Crippen LogP contribution >= 0.6 is 0 Å². The van der Waals surface area contributed by atoms with Gasteiger partial charge in [-0.25, -0.2) is 4.39 Å². The van der Waals surface area contributed by atoms with E-state index in [1.807, 2.05) is 0 Å². The van der Waals surface area contributed by atoms with Crippen LogP contribution in [0.1, 0.15) is 25.3 Å². The topological polar surface area (TPSA) is 18.5 Å². The molecule has 1 aromatic carbocycles. The van der Waals surface area contributed by atoms with Gasteiger partial charge in [0.05, 0.1) is 18.8 Å². The summed E-state index contributed by atoms with van der Waals surface area (Å²) in [5.74, 6) is -0.213. The van der Waals surface area contributed by atoms with Gasteiger partial charge in [0.25, 0.3) is 0 Å². The average molecular weight is 224 g/mol. The largest absolute Gasteiger partial charge is 0.374 e. The minimum Gasteiger partial charge on any atom is -0.374 e. The first-order chi connectivity index (χ1) is 7.68. The van der Waals surface area contributed by atoms with Gasteiger partial charge in [0.15, 0.2) is 0 Å². The van der Waals surface area contributed by atoms with Crippen molar-refractivity contribution in [2.24, 2.45) is 0 Å². The Morgan fingerprint density at radius 3 is 2.75 bits per heavy atom. The molecule has 88 valence electrons. The van der Waals surface area contributed by atoms with Crippen molar-refractivity contribution >= 4 is 0 Å². The van der Waals surface area contributed by atoms with Crippen molar-refractivity contribution in [3.05, 3.63) is 35.6 Å². The minimum atomic E-state index is -0.213. The lowest BCUT2D eigenvalue weighted by Crippen LogP contribution is -2.29. The second-order valence-corrected chi connectivity index (χ2v) is 4.52. The lowest BCUT2D eigenvalue weighted by atomic mass is 10.0. The monoisotopic (exact) mass is 224 g/mol. The van der Waals surface area contributed by atoms with E-state index in [9.17, 15) is 4.39 Å². The van der Waals surface area contributed by atoms with Gasteiger partial charge < -0.3 is 9.47 Å². The van der Waals surface area contributed by atoms with Gasteiger partial charge in [-0.15, -0.1) is 0 Å². The molecule has 1 aromatic rings. The third kappa shape index (κ3) is 3.03. The van der Waals surface area contributed by atoms with E-state index >= 15 is 0 Å². The lowest BCUT2D eigenvalue weighted by Gasteiger charge is -2.22. The lowest BCUT2D eigenvalue weighted by molar-refractivity contribution is -0.0559. The van der Waals surface area contributed by atoms with Gasteiger partial charge in [0, 0.05) is 6.61 Å². The highest BCUT2D eigenvalue weighted by atomic mass is 19.1. The van der Waals surface area contributed by atoms with Crippen LogP contribution in [0.3, 0.4) is 0 Å². The fourth-order valence-electron chi connectivity index (χ4n) is 1.92. The molecule has 1 aliphatic rings. The van der Waals surface area contributed by atoms with E-state index in [4.69, 9.17) is 9.47 Å². The van der Waals surface area contributed by atoms with Crippen molar-refractivity contribution in [1.82, 2.24) is 0 Å². The van der Waals surface area contributed by atoms with Crippen LogP contribution in [0.25, 0.3) is 0 Å². The summed E-state index contributed by atoms with van der Waals surface area (Å²) in [5, 5.41) is 0. The summed E-state index contributed by atoms with van der Waals surface area (Å²) in [7, 11) is 0. The predicted octanol–water partition coefficient (Wildman–Crippen LogP) is 2.91. The van der Waals surface area contributed by atoms with Crippen LogP contribution in [-0.2, 0) is 16.1 Å². The summed E-state index contributed by atoms with van der Waals surface area (Å²) in [6, 6.07) is 6.39. The summed E-state index contributed by atoms with van der Waals surface area (Å²) in [5.41, 5.74) is 0.864. The fraction of sp³-hybridized carbons (Fsp3) is 0.538. The Morgan fingerprint density at radius 2 is 2.12 bits per heavy atom. The molecule has 2 nitrogen and oxygen atoms in total. The highest BCUT2D eigenvalue weighted by Gasteiger charge is 2.29. The van der Waals surface area contributed by atoms with Crippen molar-refractivity contribution in [3.8, 4) is 0 Å². The zero-order valence-corrected chi connectivity index (χ0v) is 9.54. The van der Waals surface area contributed by atoms with Gasteiger partial charge in [-0.1, -0.05) is 12.1 Å². The van der Waals surface area contributed by atoms with E-state index in [0.717, 1.165) is 25.0 Å². The molecule has 3 heteroatoms. The molecule has 0 aromatic heterocycles. The molecule has 1 fully saturated rings. The Bertz CT molecular complexity index is 328. The molecule has 1 saturated heterocycles. The Hall–Kier alpha value is -0.930. The molecule has 16 heavy (non-hydrogen) atoms. The third-order valence-corrected chi connectivity index (χ3v) is 2.89. The van der Waals surface area contributed by atoms with Crippen LogP contribution in [-0.4, -0.2) is 18.8 Å². The molecule has 0 radical (unpaired) electrons. The Balaban J connectivity index is 1.77. The normalized spacial score (nSPS) is 24.9. The van der Waals surface area contributed by atoms with Crippen molar-refractivity contribution in [3.63, 3.8) is 0 Å². The van der Waals surface area contributed by atoms with E-state index in [-0.39, 0.29) is 11.4 Å². The van der Waals surface area contributed by atoms with Gasteiger partial charge in [-0.05, 0) is 37.5 Å². The second kappa shape index (κ2) is 4.93. The zero-order valence-electron chi connectivity index (χ0n) is 9.54. The number of benzene rings is 1. The molecule has 1 unspecified atom stereocenters. The molecule has 0 bridgehead atoms. The standard InChI is InChI=1S/C13H17FO2/c1-13(7-2-8-16-13)10-15-9-11-3-5-12(14)6-4-11/h3-6H,2,7-10H2,1H3. The maximum absolute atomic E-state index is 12.7. The maximum Gasteiger partial charge on any atom is 0.123 e. The SMILES string of the molecule is CC1(COCc2ccc(F)cc2)CCCO1. The fourth-order valence-corrected chi connectivity index (χ4v) is 1.92. The molecule has 2 rings (SSSR count). The summed E-state index contributed by atoms with van der Waals surface area (Å²) in [6.07, 6.45) is 2.16. The molecule has 0 saturated carbocycles. The maximum atomic E-state index is 12.7. The highest BCUT2D eigenvalue weighted by Crippen LogP contribution is 2.25. The number of hydrogen-bond acceptors (Lipinski definition) is 2. The first kappa shape index (κ1) is 11.6. The van der Waals surface area contributed by atoms with Gasteiger partial charge >= 0.3 is 0 Å². The smallest absolute Gasteiger partial charge is 0.123 e.